The molecule has 2 aliphatic heterocycles. The fourth-order valence-corrected chi connectivity index (χ4v) is 3.46. The highest BCUT2D eigenvalue weighted by Crippen LogP contribution is 2.39. The van der Waals surface area contributed by atoms with Gasteiger partial charge in [0.15, 0.2) is 6.10 Å². The number of anilines is 2. The Labute approximate surface area is 131 Å². The lowest BCUT2D eigenvalue weighted by molar-refractivity contribution is -0.123. The zero-order valence-electron chi connectivity index (χ0n) is 11.5. The Morgan fingerprint density at radius 2 is 2.00 bits per heavy atom. The van der Waals surface area contributed by atoms with Crippen LogP contribution in [0.1, 0.15) is 11.7 Å². The van der Waals surface area contributed by atoms with Crippen LogP contribution in [0.15, 0.2) is 16.6 Å². The van der Waals surface area contributed by atoms with E-state index in [0.29, 0.717) is 17.8 Å². The van der Waals surface area contributed by atoms with Crippen LogP contribution in [-0.2, 0) is 4.79 Å². The molecule has 0 radical (unpaired) electrons. The number of carbonyl (C=O) groups is 1. The third-order valence-corrected chi connectivity index (χ3v) is 4.68. The van der Waals surface area contributed by atoms with Crippen molar-refractivity contribution in [3.63, 3.8) is 0 Å². The number of piperazine rings is 1. The van der Waals surface area contributed by atoms with Crippen LogP contribution in [0.4, 0.5) is 11.4 Å². The van der Waals surface area contributed by atoms with Crippen LogP contribution < -0.4 is 10.2 Å². The largest absolute Gasteiger partial charge is 0.395 e. The van der Waals surface area contributed by atoms with Gasteiger partial charge in [-0.1, -0.05) is 0 Å². The summed E-state index contributed by atoms with van der Waals surface area (Å²) in [6.45, 7) is 4.44. The number of hydrogen-bond donors (Lipinski definition) is 3. The summed E-state index contributed by atoms with van der Waals surface area (Å²) in [4.78, 5) is 16.0. The maximum Gasteiger partial charge on any atom is 0.257 e. The molecular weight excluding hydrogens is 338 g/mol. The second kappa shape index (κ2) is 5.92. The van der Waals surface area contributed by atoms with Crippen LogP contribution >= 0.6 is 15.9 Å². The minimum Gasteiger partial charge on any atom is -0.395 e. The molecule has 0 saturated carbocycles. The first-order valence-electron chi connectivity index (χ1n) is 7.00. The van der Waals surface area contributed by atoms with Crippen LogP contribution in [0.25, 0.3) is 0 Å². The summed E-state index contributed by atoms with van der Waals surface area (Å²) in [5.74, 6) is -0.373. The van der Waals surface area contributed by atoms with E-state index in [-0.39, 0.29) is 12.5 Å². The third-order valence-electron chi connectivity index (χ3n) is 4.05. The molecule has 3 rings (SSSR count). The quantitative estimate of drug-likeness (QED) is 0.738. The Morgan fingerprint density at radius 3 is 2.67 bits per heavy atom. The van der Waals surface area contributed by atoms with Gasteiger partial charge in [-0.2, -0.15) is 0 Å². The van der Waals surface area contributed by atoms with E-state index in [0.717, 1.165) is 36.3 Å². The molecule has 2 aliphatic rings. The highest BCUT2D eigenvalue weighted by atomic mass is 79.9. The molecule has 3 N–H and O–H groups in total. The van der Waals surface area contributed by atoms with E-state index < -0.39 is 6.10 Å². The van der Waals surface area contributed by atoms with Crippen molar-refractivity contribution in [2.45, 2.75) is 6.10 Å². The summed E-state index contributed by atoms with van der Waals surface area (Å²) >= 11 is 3.53. The van der Waals surface area contributed by atoms with Gasteiger partial charge in [0.05, 0.1) is 12.3 Å². The molecule has 6 nitrogen and oxygen atoms in total. The minimum atomic E-state index is -1.08. The molecule has 1 atom stereocenters. The highest BCUT2D eigenvalue weighted by Gasteiger charge is 2.30. The lowest BCUT2D eigenvalue weighted by atomic mass is 10.1. The third kappa shape index (κ3) is 2.78. The number of carbonyl (C=O) groups excluding carboxylic acids is 1. The first kappa shape index (κ1) is 14.8. The number of fused-ring (bicyclic) bond motifs is 1. The molecule has 1 aromatic carbocycles. The molecule has 1 fully saturated rings. The second-order valence-electron chi connectivity index (χ2n) is 5.33. The predicted octanol–water partition coefficient (Wildman–Crippen LogP) is 0.549. The summed E-state index contributed by atoms with van der Waals surface area (Å²) in [6.07, 6.45) is -1.08. The molecule has 0 aromatic heterocycles. The number of hydrogen-bond acceptors (Lipinski definition) is 5. The Bertz CT molecular complexity index is 559. The summed E-state index contributed by atoms with van der Waals surface area (Å²) < 4.78 is 0.882. The fraction of sp³-hybridized carbons (Fsp3) is 0.500. The van der Waals surface area contributed by atoms with E-state index in [9.17, 15) is 9.90 Å². The number of amides is 1. The van der Waals surface area contributed by atoms with Gasteiger partial charge >= 0.3 is 0 Å². The Balaban J connectivity index is 1.78. The Kier molecular flexibility index (Phi) is 4.17. The summed E-state index contributed by atoms with van der Waals surface area (Å²) in [7, 11) is 0. The maximum atomic E-state index is 11.5. The van der Waals surface area contributed by atoms with Crippen molar-refractivity contribution < 1.29 is 15.0 Å². The van der Waals surface area contributed by atoms with Gasteiger partial charge in [0.2, 0.25) is 0 Å². The average molecular weight is 356 g/mol. The van der Waals surface area contributed by atoms with E-state index >= 15 is 0 Å². The van der Waals surface area contributed by atoms with Gasteiger partial charge in [-0.3, -0.25) is 9.69 Å². The monoisotopic (exact) mass is 355 g/mol. The number of nitrogens with zero attached hydrogens (tertiary/aromatic N) is 2. The summed E-state index contributed by atoms with van der Waals surface area (Å²) in [6, 6.07) is 3.72. The van der Waals surface area contributed by atoms with Crippen molar-refractivity contribution in [3.8, 4) is 0 Å². The van der Waals surface area contributed by atoms with Crippen molar-refractivity contribution in [2.75, 3.05) is 49.5 Å². The number of nitrogens with one attached hydrogen (secondary N) is 1. The Hall–Kier alpha value is -1.15. The number of aliphatic hydroxyl groups excluding tert-OH is 2. The molecule has 1 unspecified atom stereocenters. The predicted molar refractivity (Wildman–Crippen MR) is 83.5 cm³/mol. The molecule has 0 bridgehead atoms. The standard InChI is InChI=1S/C14H18BrN3O3/c15-10-7-9-11(16-14(21)13(9)20)8-12(10)18-3-1-17(2-4-18)5-6-19/h7-8,13,19-20H,1-6H2,(H,16,21). The number of benzene rings is 1. The van der Waals surface area contributed by atoms with Crippen LogP contribution in [0.2, 0.25) is 0 Å². The molecule has 1 saturated heterocycles. The number of aliphatic hydroxyl groups is 2. The van der Waals surface area contributed by atoms with Gasteiger partial charge in [0.1, 0.15) is 0 Å². The molecule has 0 spiro atoms. The molecular formula is C14H18BrN3O3. The lowest BCUT2D eigenvalue weighted by Crippen LogP contribution is -2.47. The molecule has 7 heteroatoms. The fourth-order valence-electron chi connectivity index (χ4n) is 2.85. The van der Waals surface area contributed by atoms with E-state index in [1.54, 1.807) is 0 Å². The van der Waals surface area contributed by atoms with Gasteiger partial charge < -0.3 is 20.4 Å². The average Bonchev–Trinajstić information content (AvgIpc) is 2.75. The second-order valence-corrected chi connectivity index (χ2v) is 6.19. The van der Waals surface area contributed by atoms with Gasteiger partial charge in [-0.15, -0.1) is 0 Å². The normalized spacial score (nSPS) is 22.3. The van der Waals surface area contributed by atoms with Crippen molar-refractivity contribution in [3.05, 3.63) is 22.2 Å². The number of halogens is 1. The van der Waals surface area contributed by atoms with Gasteiger partial charge in [-0.05, 0) is 28.1 Å². The molecule has 1 aromatic rings. The topological polar surface area (TPSA) is 76.0 Å². The van der Waals surface area contributed by atoms with Crippen LogP contribution in [0.5, 0.6) is 0 Å². The van der Waals surface area contributed by atoms with Crippen LogP contribution in [0, 0.1) is 0 Å². The van der Waals surface area contributed by atoms with Crippen molar-refractivity contribution >= 4 is 33.2 Å². The number of rotatable bonds is 3. The van der Waals surface area contributed by atoms with Crippen molar-refractivity contribution in [2.24, 2.45) is 0 Å². The van der Waals surface area contributed by atoms with Crippen LogP contribution in [0.3, 0.4) is 0 Å². The molecule has 0 aliphatic carbocycles. The highest BCUT2D eigenvalue weighted by molar-refractivity contribution is 9.10. The lowest BCUT2D eigenvalue weighted by Gasteiger charge is -2.36. The van der Waals surface area contributed by atoms with Gasteiger partial charge in [-0.25, -0.2) is 0 Å². The SMILES string of the molecule is O=C1Nc2cc(N3CCN(CCO)CC3)c(Br)cc2C1O. The van der Waals surface area contributed by atoms with E-state index in [1.165, 1.54) is 0 Å². The van der Waals surface area contributed by atoms with E-state index in [4.69, 9.17) is 5.11 Å². The molecule has 114 valence electrons. The zero-order valence-corrected chi connectivity index (χ0v) is 13.1. The first-order chi connectivity index (χ1) is 10.1. The first-order valence-corrected chi connectivity index (χ1v) is 7.80. The van der Waals surface area contributed by atoms with Gasteiger partial charge in [0, 0.05) is 48.4 Å². The zero-order chi connectivity index (χ0) is 15.0. The summed E-state index contributed by atoms with van der Waals surface area (Å²) in [5, 5.41) is 21.5. The van der Waals surface area contributed by atoms with Crippen LogP contribution in [-0.4, -0.2) is 60.4 Å². The molecule has 21 heavy (non-hydrogen) atoms. The smallest absolute Gasteiger partial charge is 0.257 e. The van der Waals surface area contributed by atoms with Crippen molar-refractivity contribution in [1.82, 2.24) is 4.90 Å². The Morgan fingerprint density at radius 1 is 1.29 bits per heavy atom. The minimum absolute atomic E-state index is 0.187. The summed E-state index contributed by atoms with van der Waals surface area (Å²) in [5.41, 5.74) is 2.32. The maximum absolute atomic E-state index is 11.5. The van der Waals surface area contributed by atoms with Gasteiger partial charge in [0.25, 0.3) is 5.91 Å². The molecule has 2 heterocycles. The molecule has 1 amide bonds. The van der Waals surface area contributed by atoms with Crippen molar-refractivity contribution in [1.29, 1.82) is 0 Å². The van der Waals surface area contributed by atoms with E-state index in [2.05, 4.69) is 31.0 Å². The number of β-amino-alcohol motifs (C(OH)–C–C–N with tert-alkyl or cyclic N) is 1. The van der Waals surface area contributed by atoms with E-state index in [1.807, 2.05) is 12.1 Å².